The van der Waals surface area contributed by atoms with Gasteiger partial charge in [-0.15, -0.1) is 47.8 Å². The normalized spacial score (nSPS) is 14.6. The van der Waals surface area contributed by atoms with Crippen molar-refractivity contribution >= 4 is 38.9 Å². The first-order chi connectivity index (χ1) is 22.9. The SMILES string of the molecule is CC(C)(C)C1=CC[N-]C(n2c3[c-]c(Oc4[c-]c(N5C=C(c6ccc(-c7ccccc7)cc6)C[N-]5)ccc4)ccc3c3ccccc32)=C1.[Pt+4]. The van der Waals surface area contributed by atoms with Crippen molar-refractivity contribution < 1.29 is 25.8 Å². The van der Waals surface area contributed by atoms with Crippen LogP contribution in [0, 0.1) is 17.5 Å². The molecule has 0 N–H and O–H groups in total. The van der Waals surface area contributed by atoms with Gasteiger partial charge in [0.25, 0.3) is 0 Å². The first kappa shape index (κ1) is 31.8. The number of ether oxygens (including phenoxy) is 1. The van der Waals surface area contributed by atoms with E-state index < -0.39 is 0 Å². The van der Waals surface area contributed by atoms with Gasteiger partial charge in [0.1, 0.15) is 0 Å². The molecule has 8 rings (SSSR count). The van der Waals surface area contributed by atoms with Gasteiger partial charge in [-0.25, -0.2) is 0 Å². The van der Waals surface area contributed by atoms with E-state index in [1.807, 2.05) is 35.3 Å². The van der Waals surface area contributed by atoms with Crippen molar-refractivity contribution in [1.82, 2.24) is 4.57 Å². The van der Waals surface area contributed by atoms with Crippen LogP contribution in [-0.2, 0) is 21.1 Å². The van der Waals surface area contributed by atoms with Crippen molar-refractivity contribution in [3.8, 4) is 22.6 Å². The van der Waals surface area contributed by atoms with E-state index in [1.54, 1.807) is 0 Å². The Labute approximate surface area is 296 Å². The van der Waals surface area contributed by atoms with Crippen LogP contribution in [-0.4, -0.2) is 17.7 Å². The second-order valence-electron chi connectivity index (χ2n) is 12.9. The fourth-order valence-corrected chi connectivity index (χ4v) is 6.26. The molecule has 5 aromatic carbocycles. The zero-order chi connectivity index (χ0) is 32.0. The summed E-state index contributed by atoms with van der Waals surface area (Å²) in [5.41, 5.74) is 13.7. The summed E-state index contributed by atoms with van der Waals surface area (Å²) in [6, 6.07) is 44.5. The van der Waals surface area contributed by atoms with Gasteiger partial charge in [0.05, 0.1) is 0 Å². The Kier molecular flexibility index (Phi) is 8.59. The number of rotatable bonds is 6. The number of para-hydroxylation sites is 1. The van der Waals surface area contributed by atoms with E-state index >= 15 is 0 Å². The van der Waals surface area contributed by atoms with Crippen LogP contribution in [0.15, 0.2) is 133 Å². The quantitative estimate of drug-likeness (QED) is 0.157. The third-order valence-corrected chi connectivity index (χ3v) is 8.76. The predicted octanol–water partition coefficient (Wildman–Crippen LogP) is 11.2. The summed E-state index contributed by atoms with van der Waals surface area (Å²) in [5.74, 6) is 2.13. The monoisotopic (exact) mass is 805 g/mol. The van der Waals surface area contributed by atoms with Crippen LogP contribution in [0.1, 0.15) is 26.3 Å². The van der Waals surface area contributed by atoms with Gasteiger partial charge in [0, 0.05) is 11.5 Å². The van der Waals surface area contributed by atoms with E-state index in [0.29, 0.717) is 24.6 Å². The molecule has 0 atom stereocenters. The fourth-order valence-electron chi connectivity index (χ4n) is 6.26. The van der Waals surface area contributed by atoms with Crippen LogP contribution in [0.2, 0.25) is 0 Å². The van der Waals surface area contributed by atoms with E-state index in [0.717, 1.165) is 44.5 Å². The maximum Gasteiger partial charge on any atom is 4.00 e. The molecule has 0 amide bonds. The van der Waals surface area contributed by atoms with Gasteiger partial charge in [-0.3, -0.25) is 0 Å². The summed E-state index contributed by atoms with van der Waals surface area (Å²) in [4.78, 5) is 0. The molecule has 0 spiro atoms. The number of aromatic nitrogens is 1. The molecule has 6 heteroatoms. The number of fused-ring (bicyclic) bond motifs is 3. The zero-order valence-corrected chi connectivity index (χ0v) is 29.3. The molecule has 0 bridgehead atoms. The summed E-state index contributed by atoms with van der Waals surface area (Å²) in [7, 11) is 0. The van der Waals surface area contributed by atoms with Gasteiger partial charge in [0.2, 0.25) is 0 Å². The van der Waals surface area contributed by atoms with Crippen molar-refractivity contribution in [1.29, 1.82) is 0 Å². The van der Waals surface area contributed by atoms with Crippen LogP contribution in [0.4, 0.5) is 5.69 Å². The third-order valence-electron chi connectivity index (χ3n) is 8.76. The average molecular weight is 806 g/mol. The molecule has 0 unspecified atom stereocenters. The van der Waals surface area contributed by atoms with E-state index in [-0.39, 0.29) is 26.5 Å². The first-order valence-electron chi connectivity index (χ1n) is 16.0. The minimum atomic E-state index is 0. The van der Waals surface area contributed by atoms with Crippen LogP contribution in [0.25, 0.3) is 55.1 Å². The maximum absolute atomic E-state index is 6.39. The molecule has 0 saturated carbocycles. The van der Waals surface area contributed by atoms with Crippen molar-refractivity contribution in [2.24, 2.45) is 5.41 Å². The van der Waals surface area contributed by atoms with E-state index in [2.05, 4.69) is 135 Å². The van der Waals surface area contributed by atoms with Crippen molar-refractivity contribution in [2.45, 2.75) is 20.8 Å². The van der Waals surface area contributed by atoms with Crippen LogP contribution in [0.3, 0.4) is 0 Å². The Morgan fingerprint density at radius 2 is 1.44 bits per heavy atom. The molecule has 5 nitrogen and oxygen atoms in total. The molecule has 0 fully saturated rings. The van der Waals surface area contributed by atoms with Crippen molar-refractivity contribution in [3.05, 3.63) is 162 Å². The molecule has 0 saturated heterocycles. The Hall–Kier alpha value is -4.83. The summed E-state index contributed by atoms with van der Waals surface area (Å²) >= 11 is 0. The Bertz CT molecular complexity index is 2200. The second-order valence-corrected chi connectivity index (χ2v) is 12.9. The number of hydrogen-bond donors (Lipinski definition) is 0. The number of hydrogen-bond acceptors (Lipinski definition) is 2. The first-order valence-corrected chi connectivity index (χ1v) is 16.0. The number of anilines is 1. The Morgan fingerprint density at radius 3 is 2.25 bits per heavy atom. The zero-order valence-electron chi connectivity index (χ0n) is 27.1. The molecule has 0 radical (unpaired) electrons. The topological polar surface area (TPSA) is 45.6 Å². The minimum Gasteiger partial charge on any atom is -0.561 e. The van der Waals surface area contributed by atoms with E-state index in [4.69, 9.17) is 15.5 Å². The summed E-state index contributed by atoms with van der Waals surface area (Å²) < 4.78 is 8.60. The van der Waals surface area contributed by atoms with Gasteiger partial charge in [-0.1, -0.05) is 129 Å². The van der Waals surface area contributed by atoms with Gasteiger partial charge in [-0.05, 0) is 51.5 Å². The van der Waals surface area contributed by atoms with Crippen LogP contribution in [0.5, 0.6) is 11.5 Å². The molecule has 3 heterocycles. The van der Waals surface area contributed by atoms with Crippen LogP contribution >= 0.6 is 0 Å². The van der Waals surface area contributed by atoms with Crippen molar-refractivity contribution in [3.63, 3.8) is 0 Å². The molecule has 48 heavy (non-hydrogen) atoms. The van der Waals surface area contributed by atoms with Crippen LogP contribution < -0.4 is 9.75 Å². The average Bonchev–Trinajstić information content (AvgIpc) is 3.72. The fraction of sp³-hybridized carbons (Fsp3) is 0.143. The minimum absolute atomic E-state index is 0. The molecule has 0 aliphatic carbocycles. The molecule has 1 aromatic heterocycles. The number of allylic oxidation sites excluding steroid dienone is 2. The number of benzene rings is 5. The van der Waals surface area contributed by atoms with E-state index in [9.17, 15) is 0 Å². The van der Waals surface area contributed by atoms with Gasteiger partial charge in [0.15, 0.2) is 0 Å². The smallest absolute Gasteiger partial charge is 0.561 e. The molecule has 2 aliphatic heterocycles. The number of nitrogens with zero attached hydrogens (tertiary/aromatic N) is 4. The maximum atomic E-state index is 6.39. The molecule has 238 valence electrons. The van der Waals surface area contributed by atoms with Gasteiger partial charge < -0.3 is 25.1 Å². The standard InChI is InChI=1S/C42H34N4O.Pt/c1-42(2,3)33-22-23-43-41(24-33)46-39-15-8-7-14-37(39)38-21-20-36(26-40(38)46)47-35-13-9-12-34(25-35)45-28-32(27-44-45)31-18-16-30(17-19-31)29-10-5-4-6-11-29;/h4-22,24,28H,23,27H2,1-3H3;/q-4;+4. The summed E-state index contributed by atoms with van der Waals surface area (Å²) in [6.45, 7) is 7.97. The molecule has 2 aliphatic rings. The largest absolute Gasteiger partial charge is 4.00 e. The van der Waals surface area contributed by atoms with Gasteiger partial charge in [-0.2, -0.15) is 12.1 Å². The van der Waals surface area contributed by atoms with Gasteiger partial charge >= 0.3 is 21.1 Å². The summed E-state index contributed by atoms with van der Waals surface area (Å²) in [6.07, 6.45) is 6.49. The second kappa shape index (κ2) is 13.0. The summed E-state index contributed by atoms with van der Waals surface area (Å²) in [5, 5.41) is 9.07. The predicted molar refractivity (Wildman–Crippen MR) is 194 cm³/mol. The van der Waals surface area contributed by atoms with Crippen molar-refractivity contribution in [2.75, 3.05) is 18.1 Å². The molecular formula is C42H34N4OPt. The third kappa shape index (κ3) is 6.12. The van der Waals surface area contributed by atoms with E-state index in [1.165, 1.54) is 16.7 Å². The molecular weight excluding hydrogens is 772 g/mol. The Morgan fingerprint density at radius 1 is 0.708 bits per heavy atom. The molecule has 6 aromatic rings. The Balaban J connectivity index is 0.00000364.